The zero-order valence-electron chi connectivity index (χ0n) is 7.41. The van der Waals surface area contributed by atoms with Gasteiger partial charge in [-0.25, -0.2) is 4.79 Å². The number of aliphatic hydroxyl groups excluding tert-OH is 1. The average molecular weight is 210 g/mol. The molecule has 0 radical (unpaired) electrons. The van der Waals surface area contributed by atoms with Crippen LogP contribution in [-0.2, 0) is 14.3 Å². The molecule has 0 saturated carbocycles. The molecule has 0 fully saturated rings. The normalized spacial score (nSPS) is 14.5. The highest BCUT2D eigenvalue weighted by Gasteiger charge is 2.22. The number of alkyl halides is 1. The number of amides is 1. The molecule has 0 spiro atoms. The van der Waals surface area contributed by atoms with E-state index in [4.69, 9.17) is 16.7 Å². The number of carbonyl (C=O) groups is 2. The second-order valence-corrected chi connectivity index (χ2v) is 3.04. The Morgan fingerprint density at radius 3 is 2.46 bits per heavy atom. The highest BCUT2D eigenvalue weighted by molar-refractivity contribution is 6.30. The Morgan fingerprint density at radius 2 is 2.15 bits per heavy atom. The molecule has 0 aromatic heterocycles. The third-order valence-corrected chi connectivity index (χ3v) is 1.54. The molecule has 76 valence electrons. The summed E-state index contributed by atoms with van der Waals surface area (Å²) >= 11 is 5.43. The van der Waals surface area contributed by atoms with E-state index in [0.717, 1.165) is 0 Å². The summed E-state index contributed by atoms with van der Waals surface area (Å²) in [5.74, 6) is -1.22. The summed E-state index contributed by atoms with van der Waals surface area (Å²) in [7, 11) is 1.17. The van der Waals surface area contributed by atoms with Crippen LogP contribution >= 0.6 is 11.6 Å². The molecule has 2 unspecified atom stereocenters. The first-order valence-corrected chi connectivity index (χ1v) is 4.09. The van der Waals surface area contributed by atoms with Crippen molar-refractivity contribution in [1.29, 1.82) is 0 Å². The number of methoxy groups -OCH3 is 1. The van der Waals surface area contributed by atoms with Crippen LogP contribution in [0.25, 0.3) is 0 Å². The standard InChI is InChI=1S/C7H12ClNO4/c1-4(8)6(11)9-5(3-10)7(12)13-2/h4-5,10H,3H2,1-2H3,(H,9,11). The molecule has 2 atom stereocenters. The minimum absolute atomic E-state index is 0.512. The fraction of sp³-hybridized carbons (Fsp3) is 0.714. The molecule has 6 heteroatoms. The lowest BCUT2D eigenvalue weighted by Gasteiger charge is -2.14. The molecule has 0 aromatic carbocycles. The smallest absolute Gasteiger partial charge is 0.330 e. The highest BCUT2D eigenvalue weighted by atomic mass is 35.5. The molecule has 13 heavy (non-hydrogen) atoms. The van der Waals surface area contributed by atoms with Crippen LogP contribution < -0.4 is 5.32 Å². The minimum atomic E-state index is -1.04. The lowest BCUT2D eigenvalue weighted by atomic mass is 10.3. The van der Waals surface area contributed by atoms with Crippen LogP contribution in [0.15, 0.2) is 0 Å². The lowest BCUT2D eigenvalue weighted by molar-refractivity contribution is -0.146. The van der Waals surface area contributed by atoms with E-state index in [1.807, 2.05) is 0 Å². The van der Waals surface area contributed by atoms with E-state index in [-0.39, 0.29) is 0 Å². The molecule has 2 N–H and O–H groups in total. The first kappa shape index (κ1) is 12.2. The fourth-order valence-corrected chi connectivity index (χ4v) is 0.671. The fourth-order valence-electron chi connectivity index (χ4n) is 0.608. The quantitative estimate of drug-likeness (QED) is 0.473. The van der Waals surface area contributed by atoms with Gasteiger partial charge in [0, 0.05) is 0 Å². The van der Waals surface area contributed by atoms with Crippen LogP contribution in [0.3, 0.4) is 0 Å². The number of nitrogens with one attached hydrogen (secondary N) is 1. The maximum absolute atomic E-state index is 11.0. The molecule has 0 heterocycles. The Balaban J connectivity index is 4.13. The van der Waals surface area contributed by atoms with Crippen molar-refractivity contribution >= 4 is 23.5 Å². The first-order valence-electron chi connectivity index (χ1n) is 3.66. The largest absolute Gasteiger partial charge is 0.467 e. The van der Waals surface area contributed by atoms with Crippen LogP contribution in [0, 0.1) is 0 Å². The van der Waals surface area contributed by atoms with Crippen molar-refractivity contribution in [2.24, 2.45) is 0 Å². The summed E-state index contributed by atoms with van der Waals surface area (Å²) in [6.45, 7) is 0.949. The SMILES string of the molecule is COC(=O)C(CO)NC(=O)C(C)Cl. The monoisotopic (exact) mass is 209 g/mol. The molecule has 0 bridgehead atoms. The number of ether oxygens (including phenoxy) is 1. The van der Waals surface area contributed by atoms with Crippen molar-refractivity contribution < 1.29 is 19.4 Å². The average Bonchev–Trinajstić information content (AvgIpc) is 2.12. The Bertz CT molecular complexity index is 195. The van der Waals surface area contributed by atoms with Gasteiger partial charge >= 0.3 is 5.97 Å². The Labute approximate surface area is 81.0 Å². The molecular formula is C7H12ClNO4. The molecule has 0 aliphatic carbocycles. The third-order valence-electron chi connectivity index (χ3n) is 1.35. The number of rotatable bonds is 4. The van der Waals surface area contributed by atoms with Crippen molar-refractivity contribution in [2.45, 2.75) is 18.3 Å². The van der Waals surface area contributed by atoms with E-state index in [1.54, 1.807) is 0 Å². The zero-order chi connectivity index (χ0) is 10.4. The van der Waals surface area contributed by atoms with Gasteiger partial charge in [0.05, 0.1) is 13.7 Å². The van der Waals surface area contributed by atoms with Gasteiger partial charge in [0.1, 0.15) is 5.38 Å². The predicted octanol–water partition coefficient (Wildman–Crippen LogP) is -0.736. The third kappa shape index (κ3) is 4.10. The summed E-state index contributed by atoms with van der Waals surface area (Å²) in [4.78, 5) is 21.8. The van der Waals surface area contributed by atoms with Gasteiger partial charge in [0.2, 0.25) is 5.91 Å². The summed E-state index contributed by atoms with van der Waals surface area (Å²) in [6.07, 6.45) is 0. The maximum Gasteiger partial charge on any atom is 0.330 e. The van der Waals surface area contributed by atoms with Gasteiger partial charge in [-0.2, -0.15) is 0 Å². The number of hydrogen-bond acceptors (Lipinski definition) is 4. The van der Waals surface area contributed by atoms with E-state index >= 15 is 0 Å². The van der Waals surface area contributed by atoms with Crippen LogP contribution in [0.4, 0.5) is 0 Å². The number of hydrogen-bond donors (Lipinski definition) is 2. The molecule has 0 aliphatic heterocycles. The van der Waals surface area contributed by atoms with Gasteiger partial charge < -0.3 is 15.2 Å². The van der Waals surface area contributed by atoms with E-state index < -0.39 is 29.9 Å². The topological polar surface area (TPSA) is 75.6 Å². The summed E-state index contributed by atoms with van der Waals surface area (Å²) in [6, 6.07) is -1.04. The van der Waals surface area contributed by atoms with E-state index in [1.165, 1.54) is 14.0 Å². The van der Waals surface area contributed by atoms with Gasteiger partial charge in [-0.1, -0.05) is 0 Å². The number of halogens is 1. The molecule has 0 rings (SSSR count). The van der Waals surface area contributed by atoms with Crippen molar-refractivity contribution in [3.63, 3.8) is 0 Å². The second kappa shape index (κ2) is 5.77. The Hall–Kier alpha value is -0.810. The molecule has 0 aliphatic rings. The van der Waals surface area contributed by atoms with Crippen molar-refractivity contribution in [1.82, 2.24) is 5.32 Å². The molecule has 0 aromatic rings. The van der Waals surface area contributed by atoms with E-state index in [9.17, 15) is 9.59 Å². The van der Waals surface area contributed by atoms with E-state index in [2.05, 4.69) is 10.1 Å². The molecule has 0 saturated heterocycles. The predicted molar refractivity (Wildman–Crippen MR) is 46.3 cm³/mol. The van der Waals surface area contributed by atoms with E-state index in [0.29, 0.717) is 0 Å². The molecule has 5 nitrogen and oxygen atoms in total. The van der Waals surface area contributed by atoms with Gasteiger partial charge in [-0.05, 0) is 6.92 Å². The molecule has 1 amide bonds. The Morgan fingerprint density at radius 1 is 1.62 bits per heavy atom. The van der Waals surface area contributed by atoms with Crippen LogP contribution in [0.5, 0.6) is 0 Å². The van der Waals surface area contributed by atoms with Crippen LogP contribution in [0.2, 0.25) is 0 Å². The maximum atomic E-state index is 11.0. The summed E-state index contributed by atoms with van der Waals surface area (Å²) in [5.41, 5.74) is 0. The summed E-state index contributed by atoms with van der Waals surface area (Å²) < 4.78 is 4.33. The highest BCUT2D eigenvalue weighted by Crippen LogP contribution is 1.95. The van der Waals surface area contributed by atoms with Crippen molar-refractivity contribution in [3.05, 3.63) is 0 Å². The lowest BCUT2D eigenvalue weighted by Crippen LogP contribution is -2.46. The van der Waals surface area contributed by atoms with Gasteiger partial charge in [-0.15, -0.1) is 11.6 Å². The molecular weight excluding hydrogens is 198 g/mol. The van der Waals surface area contributed by atoms with Crippen LogP contribution in [-0.4, -0.2) is 42.1 Å². The second-order valence-electron chi connectivity index (χ2n) is 2.38. The number of esters is 1. The Kier molecular flexibility index (Phi) is 5.41. The van der Waals surface area contributed by atoms with Gasteiger partial charge in [0.25, 0.3) is 0 Å². The van der Waals surface area contributed by atoms with Gasteiger partial charge in [0.15, 0.2) is 6.04 Å². The van der Waals surface area contributed by atoms with Crippen molar-refractivity contribution in [3.8, 4) is 0 Å². The first-order chi connectivity index (χ1) is 6.02. The van der Waals surface area contributed by atoms with Crippen LogP contribution in [0.1, 0.15) is 6.92 Å². The number of aliphatic hydroxyl groups is 1. The van der Waals surface area contributed by atoms with Crippen molar-refractivity contribution in [2.75, 3.05) is 13.7 Å². The zero-order valence-corrected chi connectivity index (χ0v) is 8.17. The summed E-state index contributed by atoms with van der Waals surface area (Å²) in [5, 5.41) is 10.2. The number of carbonyl (C=O) groups excluding carboxylic acids is 2. The minimum Gasteiger partial charge on any atom is -0.467 e. The van der Waals surface area contributed by atoms with Gasteiger partial charge in [-0.3, -0.25) is 4.79 Å².